The molecule has 0 aliphatic carbocycles. The number of hydrogen-bond donors (Lipinski definition) is 3. The molecule has 0 amide bonds. The van der Waals surface area contributed by atoms with Crippen molar-refractivity contribution in [1.82, 2.24) is 0 Å². The summed E-state index contributed by atoms with van der Waals surface area (Å²) >= 11 is 0. The van der Waals surface area contributed by atoms with Crippen LogP contribution in [0.15, 0.2) is 18.2 Å². The summed E-state index contributed by atoms with van der Waals surface area (Å²) in [6.07, 6.45) is -2.78. The summed E-state index contributed by atoms with van der Waals surface area (Å²) in [5.41, 5.74) is 0.0375. The lowest BCUT2D eigenvalue weighted by Crippen LogP contribution is -2.22. The van der Waals surface area contributed by atoms with Crippen molar-refractivity contribution < 1.29 is 19.7 Å². The summed E-state index contributed by atoms with van der Waals surface area (Å²) in [5, 5.41) is 36.0. The normalized spacial score (nSPS) is 14.3. The molecule has 80 valence electrons. The molecule has 15 heavy (non-hydrogen) atoms. The number of nitrogens with zero attached hydrogens (tertiary/aromatic N) is 1. The van der Waals surface area contributed by atoms with E-state index in [1.165, 1.54) is 6.07 Å². The summed E-state index contributed by atoms with van der Waals surface area (Å²) in [4.78, 5) is 0. The van der Waals surface area contributed by atoms with E-state index < -0.39 is 24.6 Å². The topological polar surface area (TPSA) is 84.5 Å². The largest absolute Gasteiger partial charge is 0.394 e. The summed E-state index contributed by atoms with van der Waals surface area (Å²) in [6, 6.07) is 4.94. The predicted molar refractivity (Wildman–Crippen MR) is 49.2 cm³/mol. The lowest BCUT2D eigenvalue weighted by molar-refractivity contribution is -0.0154. The highest BCUT2D eigenvalue weighted by Crippen LogP contribution is 2.21. The molecule has 4 nitrogen and oxygen atoms in total. The lowest BCUT2D eigenvalue weighted by Gasteiger charge is -2.16. The maximum absolute atomic E-state index is 12.7. The van der Waals surface area contributed by atoms with E-state index in [-0.39, 0.29) is 11.1 Å². The van der Waals surface area contributed by atoms with Gasteiger partial charge in [0.25, 0.3) is 0 Å². The van der Waals surface area contributed by atoms with E-state index in [9.17, 15) is 9.50 Å². The summed E-state index contributed by atoms with van der Waals surface area (Å²) in [6.45, 7) is -0.636. The summed E-state index contributed by atoms with van der Waals surface area (Å²) in [5.74, 6) is -0.596. The first-order valence-electron chi connectivity index (χ1n) is 4.26. The Bertz CT molecular complexity index is 389. The average molecular weight is 211 g/mol. The van der Waals surface area contributed by atoms with Gasteiger partial charge in [0, 0.05) is 5.56 Å². The molecule has 0 saturated heterocycles. The quantitative estimate of drug-likeness (QED) is 0.661. The minimum absolute atomic E-state index is 0.0602. The standard InChI is InChI=1S/C10H10FNO3/c11-7-1-2-8(6(3-7)4-12)10(15)9(14)5-13/h1-3,9-10,13-15H,5H2. The zero-order valence-electron chi connectivity index (χ0n) is 7.76. The molecule has 3 N–H and O–H groups in total. The zero-order valence-corrected chi connectivity index (χ0v) is 7.76. The van der Waals surface area contributed by atoms with Gasteiger partial charge in [0.15, 0.2) is 0 Å². The molecule has 1 rings (SSSR count). The molecule has 5 heteroatoms. The summed E-state index contributed by atoms with van der Waals surface area (Å²) in [7, 11) is 0. The van der Waals surface area contributed by atoms with E-state index in [0.717, 1.165) is 12.1 Å². The van der Waals surface area contributed by atoms with Gasteiger partial charge in [0.1, 0.15) is 18.0 Å². The van der Waals surface area contributed by atoms with Crippen LogP contribution < -0.4 is 0 Å². The van der Waals surface area contributed by atoms with Gasteiger partial charge in [-0.3, -0.25) is 0 Å². The summed E-state index contributed by atoms with van der Waals surface area (Å²) < 4.78 is 12.7. The Kier molecular flexibility index (Phi) is 3.74. The van der Waals surface area contributed by atoms with E-state index in [1.54, 1.807) is 6.07 Å². The van der Waals surface area contributed by atoms with Crippen LogP contribution in [0.1, 0.15) is 17.2 Å². The highest BCUT2D eigenvalue weighted by molar-refractivity contribution is 5.39. The minimum atomic E-state index is -1.40. The predicted octanol–water partition coefficient (Wildman–Crippen LogP) is 0.0840. The highest BCUT2D eigenvalue weighted by Gasteiger charge is 2.20. The molecular formula is C10H10FNO3. The van der Waals surface area contributed by atoms with Crippen LogP contribution >= 0.6 is 0 Å². The fourth-order valence-corrected chi connectivity index (χ4v) is 1.19. The highest BCUT2D eigenvalue weighted by atomic mass is 19.1. The SMILES string of the molecule is N#Cc1cc(F)ccc1C(O)C(O)CO. The Morgan fingerprint density at radius 3 is 2.60 bits per heavy atom. The van der Waals surface area contributed by atoms with Crippen molar-refractivity contribution in [2.75, 3.05) is 6.61 Å². The Morgan fingerprint density at radius 2 is 2.07 bits per heavy atom. The first-order chi connectivity index (χ1) is 7.10. The zero-order chi connectivity index (χ0) is 11.4. The maximum Gasteiger partial charge on any atom is 0.124 e. The van der Waals surface area contributed by atoms with Gasteiger partial charge in [0.05, 0.1) is 18.2 Å². The van der Waals surface area contributed by atoms with Gasteiger partial charge in [-0.25, -0.2) is 4.39 Å². The van der Waals surface area contributed by atoms with Crippen LogP contribution in [0.4, 0.5) is 4.39 Å². The van der Waals surface area contributed by atoms with E-state index in [1.807, 2.05) is 0 Å². The first kappa shape index (κ1) is 11.6. The number of nitriles is 1. The van der Waals surface area contributed by atoms with Crippen molar-refractivity contribution >= 4 is 0 Å². The van der Waals surface area contributed by atoms with E-state index in [2.05, 4.69) is 0 Å². The van der Waals surface area contributed by atoms with Crippen LogP contribution in [0, 0.1) is 17.1 Å². The van der Waals surface area contributed by atoms with Crippen LogP contribution in [-0.2, 0) is 0 Å². The first-order valence-corrected chi connectivity index (χ1v) is 4.26. The van der Waals surface area contributed by atoms with Crippen LogP contribution in [-0.4, -0.2) is 28.0 Å². The van der Waals surface area contributed by atoms with Gasteiger partial charge in [-0.1, -0.05) is 6.07 Å². The number of halogens is 1. The van der Waals surface area contributed by atoms with Crippen molar-refractivity contribution in [3.63, 3.8) is 0 Å². The second-order valence-electron chi connectivity index (χ2n) is 3.04. The third kappa shape index (κ3) is 2.50. The Hall–Kier alpha value is -1.48. The van der Waals surface area contributed by atoms with Crippen LogP contribution in [0.5, 0.6) is 0 Å². The van der Waals surface area contributed by atoms with Crippen molar-refractivity contribution in [3.05, 3.63) is 35.1 Å². The number of rotatable bonds is 3. The molecule has 0 aromatic heterocycles. The van der Waals surface area contributed by atoms with E-state index in [4.69, 9.17) is 15.5 Å². The Morgan fingerprint density at radius 1 is 1.40 bits per heavy atom. The number of benzene rings is 1. The average Bonchev–Trinajstić information content (AvgIpc) is 2.26. The fraction of sp³-hybridized carbons (Fsp3) is 0.300. The van der Waals surface area contributed by atoms with Gasteiger partial charge in [-0.2, -0.15) is 5.26 Å². The number of aliphatic hydroxyl groups excluding tert-OH is 3. The van der Waals surface area contributed by atoms with Gasteiger partial charge < -0.3 is 15.3 Å². The molecule has 0 bridgehead atoms. The molecule has 1 aromatic rings. The van der Waals surface area contributed by atoms with Crippen molar-refractivity contribution in [2.24, 2.45) is 0 Å². The molecule has 0 spiro atoms. The lowest BCUT2D eigenvalue weighted by atomic mass is 9.99. The van der Waals surface area contributed by atoms with Crippen LogP contribution in [0.25, 0.3) is 0 Å². The van der Waals surface area contributed by atoms with E-state index >= 15 is 0 Å². The molecule has 0 heterocycles. The van der Waals surface area contributed by atoms with Gasteiger partial charge in [0.2, 0.25) is 0 Å². The van der Waals surface area contributed by atoms with Gasteiger partial charge in [-0.05, 0) is 12.1 Å². The molecule has 0 radical (unpaired) electrons. The molecule has 2 unspecified atom stereocenters. The second kappa shape index (κ2) is 4.84. The smallest absolute Gasteiger partial charge is 0.124 e. The monoisotopic (exact) mass is 211 g/mol. The molecule has 0 saturated carbocycles. The van der Waals surface area contributed by atoms with Crippen LogP contribution in [0.3, 0.4) is 0 Å². The number of aliphatic hydroxyl groups is 3. The fourth-order valence-electron chi connectivity index (χ4n) is 1.19. The molecule has 0 aliphatic rings. The van der Waals surface area contributed by atoms with Crippen molar-refractivity contribution in [1.29, 1.82) is 5.26 Å². The minimum Gasteiger partial charge on any atom is -0.394 e. The maximum atomic E-state index is 12.7. The van der Waals surface area contributed by atoms with Gasteiger partial charge >= 0.3 is 0 Å². The molecule has 0 aliphatic heterocycles. The van der Waals surface area contributed by atoms with E-state index in [0.29, 0.717) is 0 Å². The van der Waals surface area contributed by atoms with Gasteiger partial charge in [-0.15, -0.1) is 0 Å². The second-order valence-corrected chi connectivity index (χ2v) is 3.04. The third-order valence-corrected chi connectivity index (χ3v) is 2.01. The molecular weight excluding hydrogens is 201 g/mol. The van der Waals surface area contributed by atoms with Crippen molar-refractivity contribution in [2.45, 2.75) is 12.2 Å². The Balaban J connectivity index is 3.09. The van der Waals surface area contributed by atoms with Crippen LogP contribution in [0.2, 0.25) is 0 Å². The third-order valence-electron chi connectivity index (χ3n) is 2.01. The number of hydrogen-bond acceptors (Lipinski definition) is 4. The van der Waals surface area contributed by atoms with Crippen molar-refractivity contribution in [3.8, 4) is 6.07 Å². The molecule has 0 fully saturated rings. The molecule has 2 atom stereocenters. The Labute approximate surface area is 85.8 Å². The molecule has 1 aromatic carbocycles.